The van der Waals surface area contributed by atoms with E-state index in [1.807, 2.05) is 0 Å². The van der Waals surface area contributed by atoms with E-state index in [-0.39, 0.29) is 17.0 Å². The summed E-state index contributed by atoms with van der Waals surface area (Å²) in [6, 6.07) is 6.12. The van der Waals surface area contributed by atoms with E-state index in [9.17, 15) is 26.3 Å². The Balaban J connectivity index is 1.88. The maximum atomic E-state index is 14.7. The molecule has 3 rings (SSSR count). The van der Waals surface area contributed by atoms with Gasteiger partial charge in [-0.05, 0) is 73.8 Å². The van der Waals surface area contributed by atoms with Gasteiger partial charge in [-0.3, -0.25) is 0 Å². The van der Waals surface area contributed by atoms with Crippen LogP contribution in [0.3, 0.4) is 0 Å². The van der Waals surface area contributed by atoms with Crippen molar-refractivity contribution in [2.24, 2.45) is 5.92 Å². The number of rotatable bonds is 4. The lowest BCUT2D eigenvalue weighted by Gasteiger charge is -2.28. The monoisotopic (exact) mass is 414 g/mol. The zero-order chi connectivity index (χ0) is 21.3. The molecule has 0 saturated heterocycles. The zero-order valence-corrected chi connectivity index (χ0v) is 16.4. The van der Waals surface area contributed by atoms with Crippen molar-refractivity contribution in [3.05, 3.63) is 58.9 Å². The van der Waals surface area contributed by atoms with Gasteiger partial charge in [0, 0.05) is 11.1 Å². The number of hydrogen-bond donors (Lipinski definition) is 0. The first-order chi connectivity index (χ1) is 13.6. The van der Waals surface area contributed by atoms with Crippen molar-refractivity contribution < 1.29 is 26.3 Å². The van der Waals surface area contributed by atoms with Crippen LogP contribution in [-0.2, 0) is 0 Å². The van der Waals surface area contributed by atoms with Gasteiger partial charge in [0.1, 0.15) is 17.5 Å². The summed E-state index contributed by atoms with van der Waals surface area (Å²) in [5, 5.41) is 0. The lowest BCUT2D eigenvalue weighted by molar-refractivity contribution is -0.147. The summed E-state index contributed by atoms with van der Waals surface area (Å²) in [6.45, 7) is 2.86. The Morgan fingerprint density at radius 1 is 0.897 bits per heavy atom. The van der Waals surface area contributed by atoms with E-state index in [0.717, 1.165) is 49.8 Å². The largest absolute Gasteiger partial charge is 0.395 e. The quantitative estimate of drug-likeness (QED) is 0.443. The molecule has 1 aliphatic rings. The summed E-state index contributed by atoms with van der Waals surface area (Å²) in [4.78, 5) is 0. The first-order valence-electron chi connectivity index (χ1n) is 9.97. The van der Waals surface area contributed by atoms with Crippen LogP contribution in [0.4, 0.5) is 26.3 Å². The van der Waals surface area contributed by atoms with Crippen LogP contribution in [0, 0.1) is 23.4 Å². The topological polar surface area (TPSA) is 0 Å². The molecule has 158 valence electrons. The highest BCUT2D eigenvalue weighted by atomic mass is 19.4. The van der Waals surface area contributed by atoms with Gasteiger partial charge in [-0.1, -0.05) is 25.5 Å². The molecule has 0 nitrogen and oxygen atoms in total. The van der Waals surface area contributed by atoms with Gasteiger partial charge in [0.05, 0.1) is 5.92 Å². The van der Waals surface area contributed by atoms with Gasteiger partial charge in [-0.15, -0.1) is 0 Å². The molecule has 0 bridgehead atoms. The summed E-state index contributed by atoms with van der Waals surface area (Å²) >= 11 is 0. The fraction of sp³-hybridized carbons (Fsp3) is 0.478. The second kappa shape index (κ2) is 8.41. The molecule has 0 spiro atoms. The third kappa shape index (κ3) is 4.62. The molecule has 0 N–H and O–H groups in total. The second-order valence-electron chi connectivity index (χ2n) is 7.98. The first-order valence-corrected chi connectivity index (χ1v) is 9.97. The highest BCUT2D eigenvalue weighted by molar-refractivity contribution is 5.65. The maximum absolute atomic E-state index is 14.7. The van der Waals surface area contributed by atoms with Crippen molar-refractivity contribution in [2.75, 3.05) is 0 Å². The van der Waals surface area contributed by atoms with Gasteiger partial charge in [-0.25, -0.2) is 13.2 Å². The van der Waals surface area contributed by atoms with Crippen LogP contribution in [-0.4, -0.2) is 6.18 Å². The van der Waals surface area contributed by atoms with Crippen molar-refractivity contribution in [1.82, 2.24) is 0 Å². The highest BCUT2D eigenvalue weighted by Crippen LogP contribution is 2.40. The number of hydrogen-bond acceptors (Lipinski definition) is 0. The van der Waals surface area contributed by atoms with E-state index < -0.39 is 35.1 Å². The molecule has 1 unspecified atom stereocenters. The molecule has 0 heterocycles. The molecule has 2 aromatic rings. The lowest BCUT2D eigenvalue weighted by atomic mass is 9.77. The standard InChI is InChI=1S/C23H24F6/c1-3-14-4-6-15(7-5-14)16-8-9-18(19(24)10-16)17-11-20(25)22(21(26)12-17)13(2)23(27,28)29/h8-15H,3-7H2,1-2H3. The first kappa shape index (κ1) is 21.7. The van der Waals surface area contributed by atoms with Crippen LogP contribution >= 0.6 is 0 Å². The molecule has 2 aromatic carbocycles. The molecular weight excluding hydrogens is 390 g/mol. The zero-order valence-electron chi connectivity index (χ0n) is 16.4. The predicted molar refractivity (Wildman–Crippen MR) is 101 cm³/mol. The van der Waals surface area contributed by atoms with E-state index in [2.05, 4.69) is 6.92 Å². The summed E-state index contributed by atoms with van der Waals surface area (Å²) in [7, 11) is 0. The molecular formula is C23H24F6. The fourth-order valence-electron chi connectivity index (χ4n) is 4.24. The minimum atomic E-state index is -4.77. The number of benzene rings is 2. The molecule has 1 aliphatic carbocycles. The van der Waals surface area contributed by atoms with Crippen molar-refractivity contribution in [3.63, 3.8) is 0 Å². The Kier molecular flexibility index (Phi) is 6.30. The Morgan fingerprint density at radius 3 is 1.97 bits per heavy atom. The molecule has 0 radical (unpaired) electrons. The van der Waals surface area contributed by atoms with Crippen LogP contribution < -0.4 is 0 Å². The minimum Gasteiger partial charge on any atom is -0.207 e. The molecule has 0 aromatic heterocycles. The molecule has 1 atom stereocenters. The van der Waals surface area contributed by atoms with Gasteiger partial charge >= 0.3 is 6.18 Å². The smallest absolute Gasteiger partial charge is 0.207 e. The summed E-state index contributed by atoms with van der Waals surface area (Å²) in [6.07, 6.45) is 0.516. The third-order valence-electron chi connectivity index (χ3n) is 6.20. The van der Waals surface area contributed by atoms with Crippen molar-refractivity contribution in [2.45, 2.75) is 64.0 Å². The van der Waals surface area contributed by atoms with Crippen LogP contribution in [0.1, 0.15) is 68.9 Å². The van der Waals surface area contributed by atoms with Gasteiger partial charge in [0.2, 0.25) is 0 Å². The van der Waals surface area contributed by atoms with Gasteiger partial charge < -0.3 is 0 Å². The molecule has 0 aliphatic heterocycles. The Hall–Kier alpha value is -1.98. The molecule has 1 fully saturated rings. The van der Waals surface area contributed by atoms with E-state index in [4.69, 9.17) is 0 Å². The van der Waals surface area contributed by atoms with Crippen LogP contribution in [0.15, 0.2) is 30.3 Å². The van der Waals surface area contributed by atoms with Gasteiger partial charge in [0.15, 0.2) is 0 Å². The third-order valence-corrected chi connectivity index (χ3v) is 6.20. The van der Waals surface area contributed by atoms with Crippen molar-refractivity contribution in [1.29, 1.82) is 0 Å². The fourth-order valence-corrected chi connectivity index (χ4v) is 4.24. The van der Waals surface area contributed by atoms with Crippen molar-refractivity contribution >= 4 is 0 Å². The van der Waals surface area contributed by atoms with Crippen LogP contribution in [0.25, 0.3) is 11.1 Å². The maximum Gasteiger partial charge on any atom is 0.395 e. The Morgan fingerprint density at radius 2 is 1.48 bits per heavy atom. The average molecular weight is 414 g/mol. The Labute approximate surface area is 166 Å². The number of alkyl halides is 3. The summed E-state index contributed by atoms with van der Waals surface area (Å²) in [5.41, 5.74) is -0.341. The minimum absolute atomic E-state index is 0.0278. The molecule has 29 heavy (non-hydrogen) atoms. The van der Waals surface area contributed by atoms with E-state index in [1.54, 1.807) is 6.07 Å². The Bertz CT molecular complexity index is 839. The highest BCUT2D eigenvalue weighted by Gasteiger charge is 2.40. The summed E-state index contributed by atoms with van der Waals surface area (Å²) < 4.78 is 81.9. The predicted octanol–water partition coefficient (Wildman–Crippen LogP) is 8.12. The van der Waals surface area contributed by atoms with Crippen LogP contribution in [0.5, 0.6) is 0 Å². The SMILES string of the molecule is CCC1CCC(c2ccc(-c3cc(F)c(C(C)C(F)(F)F)c(F)c3)c(F)c2)CC1. The van der Waals surface area contributed by atoms with Crippen molar-refractivity contribution in [3.8, 4) is 11.1 Å². The molecule has 0 amide bonds. The van der Waals surface area contributed by atoms with Crippen LogP contribution in [0.2, 0.25) is 0 Å². The van der Waals surface area contributed by atoms with E-state index >= 15 is 0 Å². The normalized spacial score (nSPS) is 21.2. The van der Waals surface area contributed by atoms with E-state index in [0.29, 0.717) is 12.8 Å². The van der Waals surface area contributed by atoms with Gasteiger partial charge in [-0.2, -0.15) is 13.2 Å². The molecule has 1 saturated carbocycles. The molecule has 6 heteroatoms. The second-order valence-corrected chi connectivity index (χ2v) is 7.98. The summed E-state index contributed by atoms with van der Waals surface area (Å²) in [5.74, 6) is -4.61. The average Bonchev–Trinajstić information content (AvgIpc) is 2.66. The lowest BCUT2D eigenvalue weighted by Crippen LogP contribution is -2.20. The number of halogens is 6. The van der Waals surface area contributed by atoms with Gasteiger partial charge in [0.25, 0.3) is 0 Å². The van der Waals surface area contributed by atoms with E-state index in [1.165, 1.54) is 12.1 Å².